The highest BCUT2D eigenvalue weighted by molar-refractivity contribution is 6.28. The van der Waals surface area contributed by atoms with Crippen molar-refractivity contribution in [3.63, 3.8) is 0 Å². The molecule has 0 spiro atoms. The first-order chi connectivity index (χ1) is 10.1. The summed E-state index contributed by atoms with van der Waals surface area (Å²) in [7, 11) is 0. The van der Waals surface area contributed by atoms with Gasteiger partial charge in [0.2, 0.25) is 5.28 Å². The van der Waals surface area contributed by atoms with Crippen molar-refractivity contribution in [2.75, 3.05) is 44.7 Å². The molecule has 2 aromatic heterocycles. The van der Waals surface area contributed by atoms with E-state index in [1.54, 1.807) is 0 Å². The summed E-state index contributed by atoms with van der Waals surface area (Å²) in [4.78, 5) is 10.4. The summed E-state index contributed by atoms with van der Waals surface area (Å²) < 4.78 is 13.5. The molecule has 1 unspecified atom stereocenters. The molecule has 1 saturated heterocycles. The van der Waals surface area contributed by atoms with Crippen LogP contribution in [0.15, 0.2) is 0 Å². The van der Waals surface area contributed by atoms with Crippen molar-refractivity contribution in [3.05, 3.63) is 11.0 Å². The number of aromatic amines is 1. The van der Waals surface area contributed by atoms with Crippen LogP contribution in [0.3, 0.4) is 0 Å². The molecule has 3 heterocycles. The summed E-state index contributed by atoms with van der Waals surface area (Å²) in [6, 6.07) is 0. The van der Waals surface area contributed by atoms with Gasteiger partial charge in [0, 0.05) is 27.5 Å². The third kappa shape index (κ3) is 2.84. The molecule has 0 radical (unpaired) electrons. The number of nitrogens with one attached hydrogen (secondary N) is 2. The summed E-state index contributed by atoms with van der Waals surface area (Å²) in [5, 5.41) is 11.1. The van der Waals surface area contributed by atoms with Gasteiger partial charge in [0.15, 0.2) is 5.65 Å². The van der Waals surface area contributed by atoms with Crippen LogP contribution in [-0.4, -0.2) is 64.4 Å². The van der Waals surface area contributed by atoms with Crippen LogP contribution in [0.4, 0.5) is 5.82 Å². The molecule has 0 aromatic carbocycles. The molecule has 3 rings (SSSR count). The van der Waals surface area contributed by atoms with E-state index in [4.69, 9.17) is 17.7 Å². The van der Waals surface area contributed by atoms with E-state index in [1.807, 2.05) is 6.92 Å². The summed E-state index contributed by atoms with van der Waals surface area (Å²) in [6.07, 6.45) is 0. The average Bonchev–Trinajstić information content (AvgIpc) is 2.86. The monoisotopic (exact) mass is 297 g/mol. The highest BCUT2D eigenvalue weighted by Crippen LogP contribution is 2.23. The van der Waals surface area contributed by atoms with Crippen LogP contribution in [0.2, 0.25) is 5.28 Å². The molecule has 1 aliphatic rings. The maximum Gasteiger partial charge on any atom is 0.226 e. The first-order valence-corrected chi connectivity index (χ1v) is 6.89. The summed E-state index contributed by atoms with van der Waals surface area (Å²) in [6.45, 7) is 4.89. The van der Waals surface area contributed by atoms with E-state index in [-0.39, 0.29) is 11.8 Å². The Hall–Kier alpha value is -1.44. The lowest BCUT2D eigenvalue weighted by Crippen LogP contribution is -2.39. The van der Waals surface area contributed by atoms with Crippen LogP contribution in [0.1, 0.15) is 7.06 Å². The second kappa shape index (κ2) is 5.90. The van der Waals surface area contributed by atoms with Gasteiger partial charge in [0.1, 0.15) is 5.82 Å². The van der Waals surface area contributed by atoms with Crippen molar-refractivity contribution < 1.29 is 6.11 Å². The zero-order valence-electron chi connectivity index (χ0n) is 12.2. The Bertz CT molecular complexity index is 629. The molecule has 20 heavy (non-hydrogen) atoms. The van der Waals surface area contributed by atoms with E-state index in [0.717, 1.165) is 24.2 Å². The number of nitrogens with zero attached hydrogens (tertiary/aromatic N) is 4. The Labute approximate surface area is 123 Å². The fourth-order valence-electron chi connectivity index (χ4n) is 2.21. The largest absolute Gasteiger partial charge is 0.379 e. The Morgan fingerprint density at radius 1 is 1.45 bits per heavy atom. The van der Waals surface area contributed by atoms with Gasteiger partial charge in [0.25, 0.3) is 0 Å². The highest BCUT2D eigenvalue weighted by atomic mass is 35.5. The predicted octanol–water partition coefficient (Wildman–Crippen LogP) is 1.06. The number of hydrogen-bond donors (Lipinski definition) is 2. The van der Waals surface area contributed by atoms with Gasteiger partial charge in [-0.1, -0.05) is 0 Å². The Morgan fingerprint density at radius 2 is 2.25 bits per heavy atom. The quantitative estimate of drug-likeness (QED) is 0.822. The molecule has 2 N–H and O–H groups in total. The molecular weight excluding hydrogens is 280 g/mol. The zero-order valence-corrected chi connectivity index (χ0v) is 11.9. The third-order valence-electron chi connectivity index (χ3n) is 3.24. The van der Waals surface area contributed by atoms with E-state index in [0.29, 0.717) is 31.2 Å². The van der Waals surface area contributed by atoms with Gasteiger partial charge in [0.05, 0.1) is 24.3 Å². The van der Waals surface area contributed by atoms with Crippen LogP contribution >= 0.6 is 11.6 Å². The Morgan fingerprint density at radius 3 is 3.05 bits per heavy atom. The molecule has 8 heteroatoms. The van der Waals surface area contributed by atoms with E-state index in [9.17, 15) is 0 Å². The number of ether oxygens (including phenoxy) is 1. The third-order valence-corrected chi connectivity index (χ3v) is 3.41. The molecule has 1 fully saturated rings. The van der Waals surface area contributed by atoms with E-state index in [2.05, 4.69) is 30.4 Å². The lowest BCUT2D eigenvalue weighted by molar-refractivity contribution is 0.0398. The number of morpholine rings is 1. The molecule has 108 valence electrons. The van der Waals surface area contributed by atoms with E-state index < -0.39 is 0 Å². The molecule has 2 aromatic rings. The normalized spacial score (nSPS) is 19.0. The Kier molecular flexibility index (Phi) is 3.63. The molecule has 0 saturated carbocycles. The molecular formula is C12H17ClN6O. The predicted molar refractivity (Wildman–Crippen MR) is 77.2 cm³/mol. The van der Waals surface area contributed by atoms with Gasteiger partial charge in [-0.05, 0) is 18.5 Å². The van der Waals surface area contributed by atoms with Crippen LogP contribution in [0, 0.1) is 6.92 Å². The van der Waals surface area contributed by atoms with E-state index >= 15 is 0 Å². The second-order valence-corrected chi connectivity index (χ2v) is 4.92. The van der Waals surface area contributed by atoms with Crippen LogP contribution in [0.25, 0.3) is 11.0 Å². The summed E-state index contributed by atoms with van der Waals surface area (Å²) in [5.74, 6) is 0.613. The molecule has 7 nitrogen and oxygen atoms in total. The van der Waals surface area contributed by atoms with Crippen molar-refractivity contribution in [1.29, 1.82) is 0 Å². The maximum absolute atomic E-state index is 8.20. The molecule has 0 bridgehead atoms. The van der Waals surface area contributed by atoms with Crippen molar-refractivity contribution in [3.8, 4) is 0 Å². The van der Waals surface area contributed by atoms with Crippen LogP contribution < -0.4 is 5.32 Å². The second-order valence-electron chi connectivity index (χ2n) is 4.59. The molecule has 1 atom stereocenters. The smallest absolute Gasteiger partial charge is 0.226 e. The minimum Gasteiger partial charge on any atom is -0.379 e. The lowest BCUT2D eigenvalue weighted by atomic mass is 10.3. The highest BCUT2D eigenvalue weighted by Gasteiger charge is 2.13. The first kappa shape index (κ1) is 12.3. The van der Waals surface area contributed by atoms with Gasteiger partial charge in [-0.25, -0.2) is 0 Å². The van der Waals surface area contributed by atoms with Crippen molar-refractivity contribution in [1.82, 2.24) is 25.1 Å². The number of anilines is 1. The van der Waals surface area contributed by atoms with Gasteiger partial charge >= 0.3 is 0 Å². The molecule has 1 aliphatic heterocycles. The fourth-order valence-corrected chi connectivity index (χ4v) is 2.38. The zero-order chi connectivity index (χ0) is 14.8. The van der Waals surface area contributed by atoms with Crippen LogP contribution in [0.5, 0.6) is 0 Å². The van der Waals surface area contributed by atoms with Crippen molar-refractivity contribution in [2.24, 2.45) is 0 Å². The summed E-state index contributed by atoms with van der Waals surface area (Å²) in [5.41, 5.74) is 1.40. The van der Waals surface area contributed by atoms with Crippen LogP contribution in [-0.2, 0) is 4.74 Å². The molecule has 0 aliphatic carbocycles. The number of H-pyrrole nitrogens is 1. The topological polar surface area (TPSA) is 79.0 Å². The first-order valence-electron chi connectivity index (χ1n) is 7.09. The van der Waals surface area contributed by atoms with Gasteiger partial charge < -0.3 is 10.1 Å². The SMILES string of the molecule is [2H]C(CNc1nc(Cl)nc2[nH]nc(C)c12)N1CCOCC1. The minimum absolute atomic E-state index is 0.154. The maximum atomic E-state index is 8.20. The lowest BCUT2D eigenvalue weighted by Gasteiger charge is -2.26. The number of aryl methyl sites for hydroxylation is 1. The average molecular weight is 298 g/mol. The number of rotatable bonds is 4. The van der Waals surface area contributed by atoms with Gasteiger partial charge in [-0.3, -0.25) is 10.00 Å². The number of fused-ring (bicyclic) bond motifs is 1. The molecule has 0 amide bonds. The fraction of sp³-hybridized carbons (Fsp3) is 0.583. The Balaban J connectivity index is 1.73. The number of aromatic nitrogens is 4. The minimum atomic E-state index is -0.357. The van der Waals surface area contributed by atoms with Gasteiger partial charge in [-0.15, -0.1) is 0 Å². The number of hydrogen-bond acceptors (Lipinski definition) is 6. The standard InChI is InChI=1S/C12H17ClN6O/c1-8-9-10(15-12(13)16-11(9)18-17-8)14-2-3-19-4-6-20-7-5-19/h2-7H2,1H3,(H2,14,15,16,17,18)/i3D. The summed E-state index contributed by atoms with van der Waals surface area (Å²) >= 11 is 5.91. The van der Waals surface area contributed by atoms with Crippen molar-refractivity contribution >= 4 is 28.5 Å². The van der Waals surface area contributed by atoms with E-state index in [1.165, 1.54) is 0 Å². The van der Waals surface area contributed by atoms with Gasteiger partial charge in [-0.2, -0.15) is 15.1 Å². The van der Waals surface area contributed by atoms with Crippen molar-refractivity contribution in [2.45, 2.75) is 6.92 Å². The number of halogens is 1.